The first-order chi connectivity index (χ1) is 12.6. The van der Waals surface area contributed by atoms with Crippen molar-refractivity contribution in [2.75, 3.05) is 13.1 Å². The number of aromatic nitrogens is 1. The number of hydrogen-bond acceptors (Lipinski definition) is 4. The van der Waals surface area contributed by atoms with Crippen LogP contribution in [0.25, 0.3) is 16.8 Å². The summed E-state index contributed by atoms with van der Waals surface area (Å²) < 4.78 is 0. The van der Waals surface area contributed by atoms with Gasteiger partial charge in [0.15, 0.2) is 0 Å². The summed E-state index contributed by atoms with van der Waals surface area (Å²) in [7, 11) is 0. The Morgan fingerprint density at radius 1 is 1.19 bits per heavy atom. The highest BCUT2D eigenvalue weighted by Gasteiger charge is 2.31. The number of benzene rings is 1. The Labute approximate surface area is 162 Å². The summed E-state index contributed by atoms with van der Waals surface area (Å²) in [6.07, 6.45) is 6.37. The number of aliphatic hydroxyl groups excluding tert-OH is 1. The molecule has 1 fully saturated rings. The molecule has 6 heteroatoms. The van der Waals surface area contributed by atoms with Gasteiger partial charge < -0.3 is 10.0 Å². The number of aliphatic hydroxyl groups is 1. The van der Waals surface area contributed by atoms with E-state index in [4.69, 9.17) is 17.0 Å². The van der Waals surface area contributed by atoms with E-state index < -0.39 is 0 Å². The van der Waals surface area contributed by atoms with Gasteiger partial charge in [-0.15, -0.1) is 11.3 Å². The van der Waals surface area contributed by atoms with Crippen molar-refractivity contribution in [3.05, 3.63) is 45.4 Å². The SMILES string of the molecule is N=C1C(c2nc(-c3ccc(Cl)cc3)cs2)=C(O)CN1CC1CCCCC1. The van der Waals surface area contributed by atoms with Crippen molar-refractivity contribution >= 4 is 34.3 Å². The molecule has 4 nitrogen and oxygen atoms in total. The van der Waals surface area contributed by atoms with Crippen LogP contribution in [0.1, 0.15) is 37.1 Å². The van der Waals surface area contributed by atoms with E-state index in [-0.39, 0.29) is 5.76 Å². The van der Waals surface area contributed by atoms with E-state index in [1.54, 1.807) is 0 Å². The Bertz CT molecular complexity index is 837. The molecule has 0 saturated heterocycles. The molecule has 0 radical (unpaired) electrons. The van der Waals surface area contributed by atoms with E-state index in [0.717, 1.165) is 17.8 Å². The van der Waals surface area contributed by atoms with Crippen molar-refractivity contribution in [1.29, 1.82) is 5.41 Å². The molecule has 1 aromatic carbocycles. The van der Waals surface area contributed by atoms with Gasteiger partial charge in [-0.05, 0) is 30.9 Å². The highest BCUT2D eigenvalue weighted by Crippen LogP contribution is 2.34. The lowest BCUT2D eigenvalue weighted by Crippen LogP contribution is -2.32. The van der Waals surface area contributed by atoms with Gasteiger partial charge in [0.1, 0.15) is 16.6 Å². The third-order valence-corrected chi connectivity index (χ3v) is 6.36. The number of hydrogen-bond donors (Lipinski definition) is 2. The van der Waals surface area contributed by atoms with E-state index >= 15 is 0 Å². The van der Waals surface area contributed by atoms with Crippen LogP contribution < -0.4 is 0 Å². The summed E-state index contributed by atoms with van der Waals surface area (Å²) >= 11 is 7.42. The highest BCUT2D eigenvalue weighted by atomic mass is 35.5. The Hall–Kier alpha value is -1.85. The van der Waals surface area contributed by atoms with Gasteiger partial charge in [-0.1, -0.05) is 43.0 Å². The summed E-state index contributed by atoms with van der Waals surface area (Å²) in [5.74, 6) is 1.31. The number of nitrogens with one attached hydrogen (secondary N) is 1. The maximum absolute atomic E-state index is 10.5. The minimum atomic E-state index is 0.266. The summed E-state index contributed by atoms with van der Waals surface area (Å²) in [5, 5.41) is 22.4. The lowest BCUT2D eigenvalue weighted by atomic mass is 9.89. The second kappa shape index (κ2) is 7.41. The zero-order valence-electron chi connectivity index (χ0n) is 14.5. The van der Waals surface area contributed by atoms with Crippen LogP contribution in [0.15, 0.2) is 35.4 Å². The Kier molecular flexibility index (Phi) is 5.00. The number of rotatable bonds is 4. The van der Waals surface area contributed by atoms with Gasteiger partial charge >= 0.3 is 0 Å². The van der Waals surface area contributed by atoms with Crippen LogP contribution >= 0.6 is 22.9 Å². The molecule has 2 heterocycles. The van der Waals surface area contributed by atoms with E-state index in [2.05, 4.69) is 4.98 Å². The van der Waals surface area contributed by atoms with Crippen molar-refractivity contribution in [2.45, 2.75) is 32.1 Å². The fourth-order valence-electron chi connectivity index (χ4n) is 3.84. The lowest BCUT2D eigenvalue weighted by Gasteiger charge is -2.28. The zero-order valence-corrected chi connectivity index (χ0v) is 16.1. The van der Waals surface area contributed by atoms with Gasteiger partial charge in [-0.2, -0.15) is 0 Å². The Morgan fingerprint density at radius 2 is 1.92 bits per heavy atom. The van der Waals surface area contributed by atoms with Crippen molar-refractivity contribution in [2.24, 2.45) is 5.92 Å². The van der Waals surface area contributed by atoms with E-state index in [9.17, 15) is 5.11 Å². The number of nitrogens with zero attached hydrogens (tertiary/aromatic N) is 2. The van der Waals surface area contributed by atoms with Crippen molar-refractivity contribution in [1.82, 2.24) is 9.88 Å². The molecule has 4 rings (SSSR count). The van der Waals surface area contributed by atoms with Crippen LogP contribution in [0, 0.1) is 11.3 Å². The largest absolute Gasteiger partial charge is 0.510 e. The summed E-state index contributed by atoms with van der Waals surface area (Å²) in [4.78, 5) is 6.67. The molecule has 1 aliphatic carbocycles. The molecule has 1 saturated carbocycles. The number of halogens is 1. The molecule has 2 aliphatic rings. The van der Waals surface area contributed by atoms with E-state index in [0.29, 0.717) is 33.9 Å². The molecule has 0 unspecified atom stereocenters. The van der Waals surface area contributed by atoms with E-state index in [1.165, 1.54) is 43.4 Å². The topological polar surface area (TPSA) is 60.2 Å². The Balaban J connectivity index is 1.51. The average Bonchev–Trinajstić information content (AvgIpc) is 3.22. The molecule has 0 bridgehead atoms. The van der Waals surface area contributed by atoms with Crippen LogP contribution in [0.4, 0.5) is 0 Å². The third-order valence-electron chi connectivity index (χ3n) is 5.24. The predicted octanol–water partition coefficient (Wildman–Crippen LogP) is 5.61. The summed E-state index contributed by atoms with van der Waals surface area (Å²) in [5.41, 5.74) is 2.42. The van der Waals surface area contributed by atoms with Gasteiger partial charge in [0.05, 0.1) is 17.8 Å². The normalized spacial score (nSPS) is 18.8. The van der Waals surface area contributed by atoms with Crippen LogP contribution in [-0.2, 0) is 0 Å². The number of thiazole rings is 1. The molecule has 0 spiro atoms. The minimum absolute atomic E-state index is 0.266. The fourth-order valence-corrected chi connectivity index (χ4v) is 4.86. The maximum Gasteiger partial charge on any atom is 0.135 e. The van der Waals surface area contributed by atoms with Crippen molar-refractivity contribution < 1.29 is 5.11 Å². The molecular weight excluding hydrogens is 366 g/mol. The molecular formula is C20H22ClN3OS. The first-order valence-electron chi connectivity index (χ1n) is 9.09. The van der Waals surface area contributed by atoms with Gasteiger partial charge in [-0.25, -0.2) is 4.98 Å². The highest BCUT2D eigenvalue weighted by molar-refractivity contribution is 7.11. The minimum Gasteiger partial charge on any atom is -0.510 e. The Morgan fingerprint density at radius 3 is 2.65 bits per heavy atom. The van der Waals surface area contributed by atoms with Crippen molar-refractivity contribution in [3.8, 4) is 11.3 Å². The van der Waals surface area contributed by atoms with Crippen LogP contribution in [-0.4, -0.2) is 33.9 Å². The van der Waals surface area contributed by atoms with E-state index in [1.807, 2.05) is 34.5 Å². The monoisotopic (exact) mass is 387 g/mol. The van der Waals surface area contributed by atoms with Gasteiger partial charge in [0.2, 0.25) is 0 Å². The molecule has 2 aromatic rings. The van der Waals surface area contributed by atoms with Gasteiger partial charge in [-0.3, -0.25) is 5.41 Å². The predicted molar refractivity (Wildman–Crippen MR) is 108 cm³/mol. The number of amidine groups is 1. The fraction of sp³-hybridized carbons (Fsp3) is 0.400. The van der Waals surface area contributed by atoms with Gasteiger partial charge in [0.25, 0.3) is 0 Å². The lowest BCUT2D eigenvalue weighted by molar-refractivity contribution is 0.268. The second-order valence-electron chi connectivity index (χ2n) is 7.10. The van der Waals surface area contributed by atoms with Crippen LogP contribution in [0.5, 0.6) is 0 Å². The second-order valence-corrected chi connectivity index (χ2v) is 8.39. The van der Waals surface area contributed by atoms with Gasteiger partial charge in [0, 0.05) is 22.5 Å². The smallest absolute Gasteiger partial charge is 0.135 e. The third kappa shape index (κ3) is 3.51. The maximum atomic E-state index is 10.5. The van der Waals surface area contributed by atoms with Crippen LogP contribution in [0.2, 0.25) is 5.02 Å². The first-order valence-corrected chi connectivity index (χ1v) is 10.4. The molecule has 1 aromatic heterocycles. The van der Waals surface area contributed by atoms with Crippen molar-refractivity contribution in [3.63, 3.8) is 0 Å². The average molecular weight is 388 g/mol. The molecule has 0 atom stereocenters. The summed E-state index contributed by atoms with van der Waals surface area (Å²) in [6, 6.07) is 7.56. The molecule has 26 heavy (non-hydrogen) atoms. The summed E-state index contributed by atoms with van der Waals surface area (Å²) in [6.45, 7) is 1.29. The molecule has 1 aliphatic heterocycles. The van der Waals surface area contributed by atoms with Crippen LogP contribution in [0.3, 0.4) is 0 Å². The molecule has 2 N–H and O–H groups in total. The standard InChI is InChI=1S/C20H22ClN3OS/c21-15-8-6-14(7-9-15)16-12-26-20(23-16)18-17(25)11-24(19(18)22)10-13-4-2-1-3-5-13/h6-9,12-13,22,25H,1-5,10-11H2. The zero-order chi connectivity index (χ0) is 18.1. The first kappa shape index (κ1) is 17.6. The molecule has 136 valence electrons. The quantitative estimate of drug-likeness (QED) is 0.717. The molecule has 0 amide bonds.